The first-order valence-electron chi connectivity index (χ1n) is 7.22. The van der Waals surface area contributed by atoms with Crippen LogP contribution in [0.4, 0.5) is 11.4 Å². The van der Waals surface area contributed by atoms with E-state index in [9.17, 15) is 23.3 Å². The van der Waals surface area contributed by atoms with Crippen LogP contribution in [0, 0.1) is 17.0 Å². The van der Waals surface area contributed by atoms with Crippen molar-refractivity contribution < 1.29 is 18.1 Å². The maximum absolute atomic E-state index is 12.3. The molecule has 0 aromatic heterocycles. The quantitative estimate of drug-likeness (QED) is 0.648. The second-order valence-electron chi connectivity index (χ2n) is 5.52. The van der Waals surface area contributed by atoms with Crippen LogP contribution < -0.4 is 5.32 Å². The Morgan fingerprint density at radius 2 is 1.72 bits per heavy atom. The summed E-state index contributed by atoms with van der Waals surface area (Å²) >= 11 is 0. The zero-order valence-corrected chi connectivity index (χ0v) is 14.7. The van der Waals surface area contributed by atoms with Crippen molar-refractivity contribution in [3.63, 3.8) is 0 Å². The number of non-ortho nitro benzene ring substituents is 1. The van der Waals surface area contributed by atoms with E-state index in [0.717, 1.165) is 4.31 Å². The lowest BCUT2D eigenvalue weighted by Crippen LogP contribution is -2.22. The van der Waals surface area contributed by atoms with E-state index in [1.165, 1.54) is 50.5 Å². The molecule has 0 spiro atoms. The Labute approximate surface area is 145 Å². The lowest BCUT2D eigenvalue weighted by Gasteiger charge is -2.12. The Morgan fingerprint density at radius 3 is 2.24 bits per heavy atom. The summed E-state index contributed by atoms with van der Waals surface area (Å²) < 4.78 is 25.1. The molecule has 2 aromatic rings. The van der Waals surface area contributed by atoms with E-state index in [1.54, 1.807) is 13.0 Å². The lowest BCUT2D eigenvalue weighted by atomic mass is 10.1. The molecule has 0 aliphatic heterocycles. The van der Waals surface area contributed by atoms with E-state index in [2.05, 4.69) is 5.32 Å². The molecule has 1 N–H and O–H groups in total. The summed E-state index contributed by atoms with van der Waals surface area (Å²) in [5.74, 6) is -0.489. The summed E-state index contributed by atoms with van der Waals surface area (Å²) in [5, 5.41) is 13.4. The first kappa shape index (κ1) is 18.6. The van der Waals surface area contributed by atoms with Crippen molar-refractivity contribution in [3.8, 4) is 0 Å². The number of nitro groups is 1. The van der Waals surface area contributed by atoms with Crippen molar-refractivity contribution in [1.29, 1.82) is 0 Å². The minimum Gasteiger partial charge on any atom is -0.321 e. The average molecular weight is 363 g/mol. The van der Waals surface area contributed by atoms with E-state index < -0.39 is 20.9 Å². The Hall–Kier alpha value is -2.78. The van der Waals surface area contributed by atoms with Gasteiger partial charge in [0.1, 0.15) is 0 Å². The number of hydrogen-bond acceptors (Lipinski definition) is 5. The molecule has 1 amide bonds. The molecule has 0 aliphatic carbocycles. The average Bonchev–Trinajstić information content (AvgIpc) is 2.56. The van der Waals surface area contributed by atoms with Crippen LogP contribution in [0.3, 0.4) is 0 Å². The third-order valence-corrected chi connectivity index (χ3v) is 5.40. The number of aryl methyl sites for hydroxylation is 1. The third-order valence-electron chi connectivity index (χ3n) is 3.58. The predicted molar refractivity (Wildman–Crippen MR) is 93.1 cm³/mol. The van der Waals surface area contributed by atoms with Crippen LogP contribution in [0.25, 0.3) is 0 Å². The summed E-state index contributed by atoms with van der Waals surface area (Å²) in [6, 6.07) is 9.62. The maximum Gasteiger partial charge on any atom is 0.271 e. The summed E-state index contributed by atoms with van der Waals surface area (Å²) in [5.41, 5.74) is 1.10. The zero-order valence-electron chi connectivity index (χ0n) is 13.9. The summed E-state index contributed by atoms with van der Waals surface area (Å²) in [7, 11) is -0.738. The molecule has 0 bridgehead atoms. The van der Waals surface area contributed by atoms with Crippen molar-refractivity contribution in [1.82, 2.24) is 4.31 Å². The molecule has 0 radical (unpaired) electrons. The second-order valence-corrected chi connectivity index (χ2v) is 7.67. The number of nitrogens with one attached hydrogen (secondary N) is 1. The third kappa shape index (κ3) is 4.01. The van der Waals surface area contributed by atoms with Crippen molar-refractivity contribution in [2.75, 3.05) is 19.4 Å². The van der Waals surface area contributed by atoms with Crippen LogP contribution in [0.2, 0.25) is 0 Å². The molecular formula is C16H17N3O5S. The van der Waals surface area contributed by atoms with Gasteiger partial charge in [-0.2, -0.15) is 0 Å². The summed E-state index contributed by atoms with van der Waals surface area (Å²) in [6.45, 7) is 1.71. The topological polar surface area (TPSA) is 110 Å². The van der Waals surface area contributed by atoms with Gasteiger partial charge in [0.15, 0.2) is 0 Å². The molecular weight excluding hydrogens is 346 g/mol. The van der Waals surface area contributed by atoms with Crippen LogP contribution in [0.1, 0.15) is 15.9 Å². The fourth-order valence-electron chi connectivity index (χ4n) is 2.04. The zero-order chi connectivity index (χ0) is 18.8. The molecule has 0 aliphatic rings. The lowest BCUT2D eigenvalue weighted by molar-refractivity contribution is -0.384. The van der Waals surface area contributed by atoms with Gasteiger partial charge >= 0.3 is 0 Å². The predicted octanol–water partition coefficient (Wildman–Crippen LogP) is 2.41. The standard InChI is InChI=1S/C16H17N3O5S/c1-11-4-7-13(19(21)22)10-15(11)17-16(20)12-5-8-14(9-6-12)25(23,24)18(2)3/h4-10H,1-3H3,(H,17,20). The van der Waals surface area contributed by atoms with Crippen LogP contribution >= 0.6 is 0 Å². The van der Waals surface area contributed by atoms with Gasteiger partial charge in [0.2, 0.25) is 10.0 Å². The van der Waals surface area contributed by atoms with Gasteiger partial charge in [-0.15, -0.1) is 0 Å². The number of benzene rings is 2. The van der Waals surface area contributed by atoms with Crippen molar-refractivity contribution in [3.05, 3.63) is 63.7 Å². The number of sulfonamides is 1. The first-order chi connectivity index (χ1) is 11.6. The smallest absolute Gasteiger partial charge is 0.271 e. The highest BCUT2D eigenvalue weighted by Crippen LogP contribution is 2.23. The van der Waals surface area contributed by atoms with Crippen LogP contribution in [-0.4, -0.2) is 37.6 Å². The summed E-state index contributed by atoms with van der Waals surface area (Å²) in [4.78, 5) is 22.7. The van der Waals surface area contributed by atoms with Gasteiger partial charge in [0, 0.05) is 31.8 Å². The monoisotopic (exact) mass is 363 g/mol. The van der Waals surface area contributed by atoms with Crippen LogP contribution in [-0.2, 0) is 10.0 Å². The minimum absolute atomic E-state index is 0.0700. The molecule has 0 atom stereocenters. The molecule has 0 saturated carbocycles. The van der Waals surface area contributed by atoms with Gasteiger partial charge in [0.05, 0.1) is 15.5 Å². The van der Waals surface area contributed by atoms with Gasteiger partial charge in [0.25, 0.3) is 11.6 Å². The minimum atomic E-state index is -3.57. The molecule has 25 heavy (non-hydrogen) atoms. The Bertz CT molecular complexity index is 921. The van der Waals surface area contributed by atoms with E-state index >= 15 is 0 Å². The number of amides is 1. The van der Waals surface area contributed by atoms with Gasteiger partial charge in [-0.1, -0.05) is 6.07 Å². The number of hydrogen-bond donors (Lipinski definition) is 1. The molecule has 0 unspecified atom stereocenters. The fraction of sp³-hybridized carbons (Fsp3) is 0.188. The molecule has 0 saturated heterocycles. The molecule has 0 fully saturated rings. The highest BCUT2D eigenvalue weighted by atomic mass is 32.2. The summed E-state index contributed by atoms with van der Waals surface area (Å²) in [6.07, 6.45) is 0. The highest BCUT2D eigenvalue weighted by Gasteiger charge is 2.18. The van der Waals surface area contributed by atoms with E-state index in [4.69, 9.17) is 0 Å². The number of anilines is 1. The number of nitrogens with zero attached hydrogens (tertiary/aromatic N) is 2. The normalized spacial score (nSPS) is 11.4. The van der Waals surface area contributed by atoms with Crippen molar-refractivity contribution in [2.45, 2.75) is 11.8 Å². The number of rotatable bonds is 5. The number of nitro benzene ring substituents is 1. The molecule has 2 rings (SSSR count). The van der Waals surface area contributed by atoms with Gasteiger partial charge < -0.3 is 5.32 Å². The Morgan fingerprint density at radius 1 is 1.12 bits per heavy atom. The van der Waals surface area contributed by atoms with E-state index in [-0.39, 0.29) is 16.1 Å². The van der Waals surface area contributed by atoms with Gasteiger partial charge in [-0.25, -0.2) is 12.7 Å². The van der Waals surface area contributed by atoms with Crippen LogP contribution in [0.15, 0.2) is 47.4 Å². The number of carbonyl (C=O) groups is 1. The van der Waals surface area contributed by atoms with Crippen molar-refractivity contribution >= 4 is 27.3 Å². The molecule has 9 heteroatoms. The maximum atomic E-state index is 12.3. The molecule has 132 valence electrons. The SMILES string of the molecule is Cc1ccc([N+](=O)[O-])cc1NC(=O)c1ccc(S(=O)(=O)N(C)C)cc1. The van der Waals surface area contributed by atoms with E-state index in [0.29, 0.717) is 11.3 Å². The Balaban J connectivity index is 2.25. The molecule has 8 nitrogen and oxygen atoms in total. The number of carbonyl (C=O) groups excluding carboxylic acids is 1. The van der Waals surface area contributed by atoms with Gasteiger partial charge in [-0.05, 0) is 36.8 Å². The largest absolute Gasteiger partial charge is 0.321 e. The van der Waals surface area contributed by atoms with Gasteiger partial charge in [-0.3, -0.25) is 14.9 Å². The highest BCUT2D eigenvalue weighted by molar-refractivity contribution is 7.89. The first-order valence-corrected chi connectivity index (χ1v) is 8.66. The second kappa shape index (κ2) is 6.99. The van der Waals surface area contributed by atoms with Crippen LogP contribution in [0.5, 0.6) is 0 Å². The molecule has 0 heterocycles. The fourth-order valence-corrected chi connectivity index (χ4v) is 2.94. The van der Waals surface area contributed by atoms with Crippen molar-refractivity contribution in [2.24, 2.45) is 0 Å². The Kier molecular flexibility index (Phi) is 5.19. The molecule has 2 aromatic carbocycles. The van der Waals surface area contributed by atoms with E-state index in [1.807, 2.05) is 0 Å².